The summed E-state index contributed by atoms with van der Waals surface area (Å²) in [7, 11) is 1.71. The first-order chi connectivity index (χ1) is 7.29. The van der Waals surface area contributed by atoms with Crippen LogP contribution in [0.5, 0.6) is 5.75 Å². The van der Waals surface area contributed by atoms with Gasteiger partial charge >= 0.3 is 0 Å². The number of anilines is 1. The Morgan fingerprint density at radius 3 is 2.67 bits per heavy atom. The molecule has 0 saturated carbocycles. The quantitative estimate of drug-likeness (QED) is 0.830. The van der Waals surface area contributed by atoms with Crippen LogP contribution in [0.15, 0.2) is 22.7 Å². The molecule has 0 spiro atoms. The van der Waals surface area contributed by atoms with Crippen LogP contribution in [0, 0.1) is 0 Å². The minimum Gasteiger partial charge on any atom is -0.497 e. The van der Waals surface area contributed by atoms with Gasteiger partial charge in [-0.15, -0.1) is 0 Å². The molecule has 1 aromatic rings. The van der Waals surface area contributed by atoms with E-state index in [-0.39, 0.29) is 0 Å². The summed E-state index contributed by atoms with van der Waals surface area (Å²) in [4.78, 5) is 2.41. The molecule has 2 rings (SSSR count). The lowest BCUT2D eigenvalue weighted by molar-refractivity contribution is 0.414. The van der Waals surface area contributed by atoms with Crippen molar-refractivity contribution in [1.82, 2.24) is 0 Å². The van der Waals surface area contributed by atoms with E-state index in [2.05, 4.69) is 33.0 Å². The maximum atomic E-state index is 5.26. The van der Waals surface area contributed by atoms with E-state index in [1.54, 1.807) is 7.11 Å². The fourth-order valence-corrected chi connectivity index (χ4v) is 3.03. The molecule has 1 aliphatic heterocycles. The van der Waals surface area contributed by atoms with Crippen LogP contribution in [0.1, 0.15) is 0 Å². The van der Waals surface area contributed by atoms with Crippen LogP contribution >= 0.6 is 27.7 Å². The summed E-state index contributed by atoms with van der Waals surface area (Å²) in [5, 5.41) is 0. The highest BCUT2D eigenvalue weighted by Gasteiger charge is 2.12. The standard InChI is InChI=1S/C11H14BrNOS/c1-14-11-7-9(12)6-10(8-11)13-2-4-15-5-3-13/h6-8H,2-5H2,1H3. The summed E-state index contributed by atoms with van der Waals surface area (Å²) in [6.07, 6.45) is 0. The van der Waals surface area contributed by atoms with Crippen LogP contribution in [-0.2, 0) is 0 Å². The van der Waals surface area contributed by atoms with Crippen LogP contribution in [0.3, 0.4) is 0 Å². The zero-order chi connectivity index (χ0) is 10.7. The molecular weight excluding hydrogens is 274 g/mol. The maximum Gasteiger partial charge on any atom is 0.122 e. The minimum absolute atomic E-state index is 0.914. The van der Waals surface area contributed by atoms with E-state index >= 15 is 0 Å². The van der Waals surface area contributed by atoms with Gasteiger partial charge in [0.25, 0.3) is 0 Å². The van der Waals surface area contributed by atoms with Crippen LogP contribution in [0.2, 0.25) is 0 Å². The highest BCUT2D eigenvalue weighted by molar-refractivity contribution is 9.10. The maximum absolute atomic E-state index is 5.26. The van der Waals surface area contributed by atoms with Crippen LogP contribution < -0.4 is 9.64 Å². The number of nitrogens with zero attached hydrogens (tertiary/aromatic N) is 1. The Labute approximate surface area is 103 Å². The molecule has 1 aromatic carbocycles. The lowest BCUT2D eigenvalue weighted by Crippen LogP contribution is -2.32. The van der Waals surface area contributed by atoms with Gasteiger partial charge in [0.1, 0.15) is 5.75 Å². The van der Waals surface area contributed by atoms with Gasteiger partial charge < -0.3 is 9.64 Å². The first-order valence-corrected chi connectivity index (χ1v) is 6.91. The van der Waals surface area contributed by atoms with Gasteiger partial charge in [0, 0.05) is 40.8 Å². The average Bonchev–Trinajstić information content (AvgIpc) is 2.29. The first kappa shape index (κ1) is 11.1. The third kappa shape index (κ3) is 2.82. The predicted octanol–water partition coefficient (Wildman–Crippen LogP) is 3.01. The van der Waals surface area contributed by atoms with Gasteiger partial charge in [0.15, 0.2) is 0 Å². The molecule has 0 atom stereocenters. The van der Waals surface area contributed by atoms with E-state index in [1.807, 2.05) is 17.8 Å². The molecule has 0 aliphatic carbocycles. The van der Waals surface area contributed by atoms with Gasteiger partial charge in [-0.25, -0.2) is 0 Å². The molecule has 0 amide bonds. The van der Waals surface area contributed by atoms with Gasteiger partial charge in [0.05, 0.1) is 7.11 Å². The van der Waals surface area contributed by atoms with E-state index in [1.165, 1.54) is 17.2 Å². The lowest BCUT2D eigenvalue weighted by atomic mass is 10.2. The summed E-state index contributed by atoms with van der Waals surface area (Å²) in [5.41, 5.74) is 1.25. The number of benzene rings is 1. The van der Waals surface area contributed by atoms with Crippen molar-refractivity contribution < 1.29 is 4.74 Å². The molecule has 2 nitrogen and oxygen atoms in total. The Kier molecular flexibility index (Phi) is 3.81. The molecule has 0 unspecified atom stereocenters. The van der Waals surface area contributed by atoms with E-state index < -0.39 is 0 Å². The summed E-state index contributed by atoms with van der Waals surface area (Å²) in [6.45, 7) is 2.26. The number of thioether (sulfide) groups is 1. The monoisotopic (exact) mass is 287 g/mol. The van der Waals surface area contributed by atoms with Gasteiger partial charge in [-0.05, 0) is 12.1 Å². The number of rotatable bonds is 2. The molecule has 1 saturated heterocycles. The van der Waals surface area contributed by atoms with Crippen molar-refractivity contribution in [3.05, 3.63) is 22.7 Å². The Morgan fingerprint density at radius 2 is 2.00 bits per heavy atom. The van der Waals surface area contributed by atoms with Crippen molar-refractivity contribution in [2.75, 3.05) is 36.6 Å². The Bertz CT molecular complexity index is 339. The summed E-state index contributed by atoms with van der Waals surface area (Å²) < 4.78 is 6.34. The Hall–Kier alpha value is -0.350. The van der Waals surface area contributed by atoms with Crippen molar-refractivity contribution >= 4 is 33.4 Å². The third-order valence-corrected chi connectivity index (χ3v) is 3.87. The number of hydrogen-bond donors (Lipinski definition) is 0. The normalized spacial score (nSPS) is 16.5. The molecule has 0 radical (unpaired) electrons. The van der Waals surface area contributed by atoms with Gasteiger partial charge in [-0.2, -0.15) is 11.8 Å². The second-order valence-electron chi connectivity index (χ2n) is 3.45. The van der Waals surface area contributed by atoms with Gasteiger partial charge in [0.2, 0.25) is 0 Å². The highest BCUT2D eigenvalue weighted by atomic mass is 79.9. The van der Waals surface area contributed by atoms with Gasteiger partial charge in [-0.3, -0.25) is 0 Å². The average molecular weight is 288 g/mol. The first-order valence-electron chi connectivity index (χ1n) is 4.97. The fraction of sp³-hybridized carbons (Fsp3) is 0.455. The van der Waals surface area contributed by atoms with Crippen molar-refractivity contribution in [3.63, 3.8) is 0 Å². The SMILES string of the molecule is COc1cc(Br)cc(N2CCSCC2)c1. The molecule has 0 bridgehead atoms. The summed E-state index contributed by atoms with van der Waals surface area (Å²) in [6, 6.07) is 6.24. The zero-order valence-electron chi connectivity index (χ0n) is 8.70. The molecule has 1 fully saturated rings. The number of halogens is 1. The molecular formula is C11H14BrNOS. The van der Waals surface area contributed by atoms with Crippen molar-refractivity contribution in [3.8, 4) is 5.75 Å². The topological polar surface area (TPSA) is 12.5 Å². The van der Waals surface area contributed by atoms with E-state index in [0.29, 0.717) is 0 Å². The Balaban J connectivity index is 2.22. The lowest BCUT2D eigenvalue weighted by Gasteiger charge is -2.28. The number of methoxy groups -OCH3 is 1. The second-order valence-corrected chi connectivity index (χ2v) is 5.59. The predicted molar refractivity (Wildman–Crippen MR) is 70.2 cm³/mol. The van der Waals surface area contributed by atoms with Crippen molar-refractivity contribution in [2.24, 2.45) is 0 Å². The Morgan fingerprint density at radius 1 is 1.27 bits per heavy atom. The van der Waals surface area contributed by atoms with E-state index in [9.17, 15) is 0 Å². The number of hydrogen-bond acceptors (Lipinski definition) is 3. The molecule has 0 aromatic heterocycles. The molecule has 1 heterocycles. The molecule has 82 valence electrons. The second kappa shape index (κ2) is 5.12. The van der Waals surface area contributed by atoms with E-state index in [4.69, 9.17) is 4.74 Å². The van der Waals surface area contributed by atoms with Crippen LogP contribution in [-0.4, -0.2) is 31.7 Å². The van der Waals surface area contributed by atoms with E-state index in [0.717, 1.165) is 23.3 Å². The summed E-state index contributed by atoms with van der Waals surface area (Å²) >= 11 is 5.53. The van der Waals surface area contributed by atoms with Crippen molar-refractivity contribution in [1.29, 1.82) is 0 Å². The van der Waals surface area contributed by atoms with Crippen LogP contribution in [0.4, 0.5) is 5.69 Å². The summed E-state index contributed by atoms with van der Waals surface area (Å²) in [5.74, 6) is 3.35. The molecule has 1 aliphatic rings. The molecule has 4 heteroatoms. The van der Waals surface area contributed by atoms with Crippen LogP contribution in [0.25, 0.3) is 0 Å². The fourth-order valence-electron chi connectivity index (χ4n) is 1.67. The number of ether oxygens (including phenoxy) is 1. The molecule has 15 heavy (non-hydrogen) atoms. The highest BCUT2D eigenvalue weighted by Crippen LogP contribution is 2.28. The zero-order valence-corrected chi connectivity index (χ0v) is 11.1. The smallest absolute Gasteiger partial charge is 0.122 e. The molecule has 0 N–H and O–H groups in total. The minimum atomic E-state index is 0.914. The van der Waals surface area contributed by atoms with Crippen molar-refractivity contribution in [2.45, 2.75) is 0 Å². The largest absolute Gasteiger partial charge is 0.497 e. The third-order valence-electron chi connectivity index (χ3n) is 2.47. The van der Waals surface area contributed by atoms with Gasteiger partial charge in [-0.1, -0.05) is 15.9 Å².